The van der Waals surface area contributed by atoms with E-state index in [9.17, 15) is 4.79 Å². The van der Waals surface area contributed by atoms with Crippen molar-refractivity contribution in [3.05, 3.63) is 35.4 Å². The first-order valence-electron chi connectivity index (χ1n) is 5.92. The molecular weight excluding hydrogens is 264 g/mol. The molecule has 1 aromatic rings. The molecule has 1 nitrogen and oxygen atoms in total. The van der Waals surface area contributed by atoms with E-state index in [2.05, 4.69) is 35.8 Å². The summed E-state index contributed by atoms with van der Waals surface area (Å²) in [4.78, 5) is 11.4. The lowest BCUT2D eigenvalue weighted by Crippen LogP contribution is -2.04. The molecule has 0 N–H and O–H groups in total. The first-order valence-corrected chi connectivity index (χ1v) is 6.72. The number of benzene rings is 1. The van der Waals surface area contributed by atoms with Crippen molar-refractivity contribution in [2.45, 2.75) is 39.5 Å². The third kappa shape index (κ3) is 4.09. The van der Waals surface area contributed by atoms with Crippen molar-refractivity contribution >= 4 is 20.6 Å². The Labute approximate surface area is 106 Å². The fraction of sp³-hybridized carbons (Fsp3) is 0.500. The number of hydrogen-bond donors (Lipinski definition) is 0. The van der Waals surface area contributed by atoms with Crippen LogP contribution in [0.1, 0.15) is 49.0 Å². The maximum absolute atomic E-state index is 11.4. The number of hydrogen-bond acceptors (Lipinski definition) is 1. The molecule has 0 amide bonds. The molecule has 0 aliphatic rings. The number of unbranched alkanes of at least 4 members (excludes halogenated alkanes) is 1. The number of carbonyl (C=O) groups excluding carboxylic acids is 1. The summed E-state index contributed by atoms with van der Waals surface area (Å²) in [5.74, 6) is 0.646. The van der Waals surface area contributed by atoms with Crippen LogP contribution in [-0.2, 0) is 6.42 Å². The van der Waals surface area contributed by atoms with Gasteiger partial charge >= 0.3 is 0 Å². The largest absolute Gasteiger partial charge is 0.281 e. The van der Waals surface area contributed by atoms with E-state index in [1.807, 2.05) is 18.2 Å². The molecule has 88 valence electrons. The Hall–Kier alpha value is -0.630. The highest BCUT2D eigenvalue weighted by Gasteiger charge is 2.10. The highest BCUT2D eigenvalue weighted by molar-refractivity contribution is 9.18. The third-order valence-corrected chi connectivity index (χ3v) is 3.28. The zero-order valence-corrected chi connectivity index (χ0v) is 11.6. The van der Waals surface area contributed by atoms with Crippen LogP contribution in [0.15, 0.2) is 24.3 Å². The molecule has 0 radical (unpaired) electrons. The predicted octanol–water partition coefficient (Wildman–Crippen LogP) is 4.59. The van der Waals surface area contributed by atoms with E-state index < -0.39 is 0 Å². The lowest BCUT2D eigenvalue weighted by Gasteiger charge is -2.12. The Balaban J connectivity index is 2.69. The lowest BCUT2D eigenvalue weighted by atomic mass is 9.93. The molecular formula is C14H19BrO. The van der Waals surface area contributed by atoms with Gasteiger partial charge in [0.15, 0.2) is 0 Å². The minimum atomic E-state index is -0.00853. The molecule has 0 saturated carbocycles. The molecule has 0 aromatic heterocycles. The average Bonchev–Trinajstić information content (AvgIpc) is 2.27. The normalized spacial score (nSPS) is 12.4. The van der Waals surface area contributed by atoms with Gasteiger partial charge in [-0.1, -0.05) is 57.4 Å². The molecule has 1 rings (SSSR count). The lowest BCUT2D eigenvalue weighted by molar-refractivity contribution is 0.109. The number of rotatable bonds is 6. The summed E-state index contributed by atoms with van der Waals surface area (Å²) in [6.45, 7) is 4.47. The minimum absolute atomic E-state index is 0.00853. The van der Waals surface area contributed by atoms with Crippen LogP contribution >= 0.6 is 15.9 Å². The summed E-state index contributed by atoms with van der Waals surface area (Å²) in [5, 5.41) is 0. The van der Waals surface area contributed by atoms with Gasteiger partial charge < -0.3 is 0 Å². The fourth-order valence-corrected chi connectivity index (χ4v) is 2.31. The van der Waals surface area contributed by atoms with Crippen molar-refractivity contribution in [2.75, 3.05) is 0 Å². The smallest absolute Gasteiger partial charge is 0.228 e. The molecule has 1 aromatic carbocycles. The second kappa shape index (κ2) is 6.85. The first-order chi connectivity index (χ1) is 7.65. The van der Waals surface area contributed by atoms with Gasteiger partial charge in [0, 0.05) is 5.56 Å². The van der Waals surface area contributed by atoms with E-state index in [0.29, 0.717) is 5.92 Å². The Bertz CT molecular complexity index is 346. The van der Waals surface area contributed by atoms with Gasteiger partial charge in [-0.05, 0) is 33.8 Å². The maximum atomic E-state index is 11.4. The number of carbonyl (C=O) groups is 1. The van der Waals surface area contributed by atoms with Gasteiger partial charge in [0.05, 0.1) is 0 Å². The van der Waals surface area contributed by atoms with Crippen molar-refractivity contribution in [1.29, 1.82) is 0 Å². The minimum Gasteiger partial charge on any atom is -0.281 e. The monoisotopic (exact) mass is 282 g/mol. The van der Waals surface area contributed by atoms with Gasteiger partial charge in [0.1, 0.15) is 0 Å². The highest BCUT2D eigenvalue weighted by Crippen LogP contribution is 2.19. The first kappa shape index (κ1) is 13.4. The maximum Gasteiger partial charge on any atom is 0.228 e. The van der Waals surface area contributed by atoms with Crippen LogP contribution in [0.4, 0.5) is 0 Å². The van der Waals surface area contributed by atoms with E-state index in [1.54, 1.807) is 0 Å². The van der Waals surface area contributed by atoms with Crippen LogP contribution in [0.25, 0.3) is 0 Å². The van der Waals surface area contributed by atoms with Gasteiger partial charge in [-0.2, -0.15) is 0 Å². The zero-order chi connectivity index (χ0) is 12.0. The van der Waals surface area contributed by atoms with E-state index in [1.165, 1.54) is 19.3 Å². The Morgan fingerprint density at radius 2 is 2.06 bits per heavy atom. The SMILES string of the molecule is CCCCC(C)Cc1ccccc1C(=O)Br. The summed E-state index contributed by atoms with van der Waals surface area (Å²) < 4.78 is -0.00853. The third-order valence-electron chi connectivity index (χ3n) is 2.85. The summed E-state index contributed by atoms with van der Waals surface area (Å²) in [5.41, 5.74) is 1.97. The van der Waals surface area contributed by atoms with Crippen molar-refractivity contribution < 1.29 is 4.79 Å². The van der Waals surface area contributed by atoms with E-state index in [0.717, 1.165) is 17.5 Å². The van der Waals surface area contributed by atoms with Crippen molar-refractivity contribution in [2.24, 2.45) is 5.92 Å². The zero-order valence-electron chi connectivity index (χ0n) is 10.0. The van der Waals surface area contributed by atoms with Crippen LogP contribution in [0.5, 0.6) is 0 Å². The van der Waals surface area contributed by atoms with Crippen molar-refractivity contribution in [3.63, 3.8) is 0 Å². The summed E-state index contributed by atoms with van der Waals surface area (Å²) in [6, 6.07) is 7.85. The van der Waals surface area contributed by atoms with Crippen LogP contribution in [0, 0.1) is 5.92 Å². The van der Waals surface area contributed by atoms with E-state index in [4.69, 9.17) is 0 Å². The Morgan fingerprint density at radius 1 is 1.38 bits per heavy atom. The van der Waals surface area contributed by atoms with Gasteiger partial charge in [0.2, 0.25) is 4.69 Å². The van der Waals surface area contributed by atoms with Crippen LogP contribution < -0.4 is 0 Å². The number of halogens is 1. The van der Waals surface area contributed by atoms with Crippen LogP contribution in [0.2, 0.25) is 0 Å². The van der Waals surface area contributed by atoms with Gasteiger partial charge in [0.25, 0.3) is 0 Å². The summed E-state index contributed by atoms with van der Waals surface area (Å²) in [7, 11) is 0. The van der Waals surface area contributed by atoms with Crippen molar-refractivity contribution in [1.82, 2.24) is 0 Å². The summed E-state index contributed by atoms with van der Waals surface area (Å²) >= 11 is 3.04. The molecule has 1 unspecified atom stereocenters. The predicted molar refractivity (Wildman–Crippen MR) is 72.1 cm³/mol. The molecule has 2 heteroatoms. The standard InChI is InChI=1S/C14H19BrO/c1-3-4-7-11(2)10-12-8-5-6-9-13(12)14(15)16/h5-6,8-9,11H,3-4,7,10H2,1-2H3. The highest BCUT2D eigenvalue weighted by atomic mass is 79.9. The molecule has 0 aliphatic heterocycles. The molecule has 0 aliphatic carbocycles. The Morgan fingerprint density at radius 3 is 2.69 bits per heavy atom. The molecule has 1 atom stereocenters. The molecule has 0 bridgehead atoms. The molecule has 0 saturated heterocycles. The molecule has 16 heavy (non-hydrogen) atoms. The second-order valence-corrected chi connectivity index (χ2v) is 5.10. The van der Waals surface area contributed by atoms with Gasteiger partial charge in [-0.25, -0.2) is 0 Å². The van der Waals surface area contributed by atoms with Gasteiger partial charge in [-0.3, -0.25) is 4.79 Å². The molecule has 0 fully saturated rings. The van der Waals surface area contributed by atoms with Crippen LogP contribution in [0.3, 0.4) is 0 Å². The quantitative estimate of drug-likeness (QED) is 0.698. The van der Waals surface area contributed by atoms with Crippen molar-refractivity contribution in [3.8, 4) is 0 Å². The van der Waals surface area contributed by atoms with E-state index >= 15 is 0 Å². The second-order valence-electron chi connectivity index (χ2n) is 4.38. The topological polar surface area (TPSA) is 17.1 Å². The summed E-state index contributed by atoms with van der Waals surface area (Å²) in [6.07, 6.45) is 4.74. The fourth-order valence-electron chi connectivity index (χ4n) is 1.92. The average molecular weight is 283 g/mol. The molecule has 0 heterocycles. The van der Waals surface area contributed by atoms with Crippen LogP contribution in [-0.4, -0.2) is 4.69 Å². The van der Waals surface area contributed by atoms with E-state index in [-0.39, 0.29) is 4.69 Å². The molecule has 0 spiro atoms. The Kier molecular flexibility index (Phi) is 5.75. The van der Waals surface area contributed by atoms with Gasteiger partial charge in [-0.15, -0.1) is 0 Å².